The summed E-state index contributed by atoms with van der Waals surface area (Å²) in [5.74, 6) is 2.43. The average Bonchev–Trinajstić information content (AvgIpc) is 2.27. The Hall–Kier alpha value is -2.08. The van der Waals surface area contributed by atoms with Crippen LogP contribution in [0.5, 0.6) is 0 Å². The fourth-order valence-corrected chi connectivity index (χ4v) is 2.06. The molecule has 1 aromatic heterocycles. The monoisotopic (exact) mass is 242 g/mol. The molecule has 0 amide bonds. The molecule has 0 saturated heterocycles. The number of fused-ring (bicyclic) bond motifs is 1. The van der Waals surface area contributed by atoms with Gasteiger partial charge in [-0.2, -0.15) is 0 Å². The molecule has 92 valence electrons. The van der Waals surface area contributed by atoms with E-state index in [0.29, 0.717) is 16.7 Å². The third kappa shape index (κ3) is 1.91. The van der Waals surface area contributed by atoms with Gasteiger partial charge in [-0.3, -0.25) is 0 Å². The summed E-state index contributed by atoms with van der Waals surface area (Å²) < 4.78 is 13.8. The number of aromatic nitrogens is 1. The molecule has 0 radical (unpaired) electrons. The van der Waals surface area contributed by atoms with E-state index in [2.05, 4.69) is 10.9 Å². The summed E-state index contributed by atoms with van der Waals surface area (Å²) >= 11 is 0. The number of hydrogen-bond donors (Lipinski definition) is 1. The minimum Gasteiger partial charge on any atom is -0.384 e. The fraction of sp³-hybridized carbons (Fsp3) is 0.267. The van der Waals surface area contributed by atoms with E-state index in [1.165, 1.54) is 6.07 Å². The first-order chi connectivity index (χ1) is 8.34. The Kier molecular flexibility index (Phi) is 2.74. The van der Waals surface area contributed by atoms with Crippen molar-refractivity contribution < 1.29 is 4.39 Å². The quantitative estimate of drug-likeness (QED) is 0.720. The summed E-state index contributed by atoms with van der Waals surface area (Å²) in [5.41, 5.74) is 7.41. The summed E-state index contributed by atoms with van der Waals surface area (Å²) in [6, 6.07) is 4.70. The van der Waals surface area contributed by atoms with Crippen molar-refractivity contribution >= 4 is 16.7 Å². The molecule has 0 aliphatic rings. The first-order valence-corrected chi connectivity index (χ1v) is 5.70. The van der Waals surface area contributed by atoms with Gasteiger partial charge in [0.25, 0.3) is 0 Å². The molecule has 0 aliphatic carbocycles. The van der Waals surface area contributed by atoms with Crippen molar-refractivity contribution in [2.75, 3.05) is 5.73 Å². The molecule has 3 heteroatoms. The van der Waals surface area contributed by atoms with Gasteiger partial charge in [0.1, 0.15) is 11.6 Å². The van der Waals surface area contributed by atoms with E-state index in [1.54, 1.807) is 12.1 Å². The van der Waals surface area contributed by atoms with Crippen LogP contribution in [-0.4, -0.2) is 4.98 Å². The summed E-state index contributed by atoms with van der Waals surface area (Å²) in [6.45, 7) is 6.10. The Balaban J connectivity index is 3.02. The highest BCUT2D eigenvalue weighted by molar-refractivity contribution is 5.90. The maximum atomic E-state index is 13.8. The van der Waals surface area contributed by atoms with Gasteiger partial charge in [-0.25, -0.2) is 9.37 Å². The number of nitrogens with two attached hydrogens (primary N) is 1. The number of pyridine rings is 1. The van der Waals surface area contributed by atoms with Crippen molar-refractivity contribution in [1.82, 2.24) is 4.98 Å². The molecule has 1 aromatic carbocycles. The molecule has 2 nitrogen and oxygen atoms in total. The molecule has 1 heterocycles. The summed E-state index contributed by atoms with van der Waals surface area (Å²) in [6.07, 6.45) is 5.42. The van der Waals surface area contributed by atoms with Crippen LogP contribution in [0.2, 0.25) is 0 Å². The van der Waals surface area contributed by atoms with E-state index in [4.69, 9.17) is 12.2 Å². The number of hydrogen-bond acceptors (Lipinski definition) is 2. The number of terminal acetylenes is 1. The van der Waals surface area contributed by atoms with E-state index in [9.17, 15) is 4.39 Å². The van der Waals surface area contributed by atoms with Gasteiger partial charge in [0.05, 0.1) is 11.1 Å². The lowest BCUT2D eigenvalue weighted by atomic mass is 9.83. The number of rotatable bonds is 0. The van der Waals surface area contributed by atoms with Gasteiger partial charge in [0.2, 0.25) is 0 Å². The molecule has 0 atom stereocenters. The van der Waals surface area contributed by atoms with E-state index < -0.39 is 5.82 Å². The van der Waals surface area contributed by atoms with Crippen LogP contribution in [0.25, 0.3) is 10.9 Å². The first kappa shape index (κ1) is 12.4. The predicted octanol–water partition coefficient (Wildman–Crippen LogP) is 3.23. The van der Waals surface area contributed by atoms with E-state index in [1.807, 2.05) is 20.8 Å². The zero-order chi connectivity index (χ0) is 13.5. The lowest BCUT2D eigenvalue weighted by molar-refractivity contribution is 0.593. The smallest absolute Gasteiger partial charge is 0.139 e. The maximum Gasteiger partial charge on any atom is 0.139 e. The lowest BCUT2D eigenvalue weighted by Crippen LogP contribution is -2.14. The second-order valence-corrected chi connectivity index (χ2v) is 5.31. The Morgan fingerprint density at radius 3 is 2.56 bits per heavy atom. The average molecular weight is 242 g/mol. The Morgan fingerprint density at radius 1 is 1.33 bits per heavy atom. The van der Waals surface area contributed by atoms with Gasteiger partial charge in [-0.05, 0) is 29.2 Å². The Labute approximate surface area is 106 Å². The van der Waals surface area contributed by atoms with Gasteiger partial charge in [0.15, 0.2) is 0 Å². The number of nitrogens with zero attached hydrogens (tertiary/aromatic N) is 1. The van der Waals surface area contributed by atoms with Crippen molar-refractivity contribution in [2.45, 2.75) is 26.2 Å². The van der Waals surface area contributed by atoms with E-state index in [0.717, 1.165) is 5.56 Å². The second kappa shape index (κ2) is 3.99. The fourth-order valence-electron chi connectivity index (χ4n) is 2.06. The number of anilines is 1. The largest absolute Gasteiger partial charge is 0.384 e. The van der Waals surface area contributed by atoms with Crippen LogP contribution in [0.1, 0.15) is 31.9 Å². The standard InChI is InChI=1S/C15H15FN2/c1-5-9-11(16)6-7-12-14(9)10(15(2,3)4)8-13(17)18-12/h1,6-8H,2-4H3,(H2,17,18). The molecule has 0 spiro atoms. The van der Waals surface area contributed by atoms with Crippen molar-refractivity contribution in [3.05, 3.63) is 35.1 Å². The van der Waals surface area contributed by atoms with Gasteiger partial charge >= 0.3 is 0 Å². The van der Waals surface area contributed by atoms with Gasteiger partial charge < -0.3 is 5.73 Å². The first-order valence-electron chi connectivity index (χ1n) is 5.70. The molecule has 0 aliphatic heterocycles. The maximum absolute atomic E-state index is 13.8. The third-order valence-electron chi connectivity index (χ3n) is 2.90. The van der Waals surface area contributed by atoms with Crippen molar-refractivity contribution in [1.29, 1.82) is 0 Å². The van der Waals surface area contributed by atoms with Gasteiger partial charge in [0, 0.05) is 5.39 Å². The lowest BCUT2D eigenvalue weighted by Gasteiger charge is -2.22. The number of nitrogen functional groups attached to an aromatic ring is 1. The van der Waals surface area contributed by atoms with Crippen LogP contribution in [-0.2, 0) is 5.41 Å². The predicted molar refractivity (Wildman–Crippen MR) is 72.7 cm³/mol. The van der Waals surface area contributed by atoms with Crippen molar-refractivity contribution in [3.8, 4) is 12.3 Å². The topological polar surface area (TPSA) is 38.9 Å². The summed E-state index contributed by atoms with van der Waals surface area (Å²) in [5, 5.41) is 0.680. The molecule has 2 aromatic rings. The molecule has 0 unspecified atom stereocenters. The van der Waals surface area contributed by atoms with Gasteiger partial charge in [-0.15, -0.1) is 6.42 Å². The number of benzene rings is 1. The summed E-state index contributed by atoms with van der Waals surface area (Å²) in [7, 11) is 0. The Bertz CT molecular complexity index is 661. The third-order valence-corrected chi connectivity index (χ3v) is 2.90. The summed E-state index contributed by atoms with van der Waals surface area (Å²) in [4.78, 5) is 4.22. The Morgan fingerprint density at radius 2 is 2.00 bits per heavy atom. The van der Waals surface area contributed by atoms with Crippen LogP contribution < -0.4 is 5.73 Å². The molecule has 0 fully saturated rings. The molecule has 0 saturated carbocycles. The minimum absolute atomic E-state index is 0.186. The number of halogens is 1. The van der Waals surface area contributed by atoms with Crippen LogP contribution in [0.3, 0.4) is 0 Å². The highest BCUT2D eigenvalue weighted by Crippen LogP contribution is 2.33. The van der Waals surface area contributed by atoms with Crippen LogP contribution in [0, 0.1) is 18.2 Å². The zero-order valence-corrected chi connectivity index (χ0v) is 10.7. The molecule has 18 heavy (non-hydrogen) atoms. The minimum atomic E-state index is -0.401. The van der Waals surface area contributed by atoms with Crippen LogP contribution >= 0.6 is 0 Å². The highest BCUT2D eigenvalue weighted by Gasteiger charge is 2.21. The van der Waals surface area contributed by atoms with Crippen molar-refractivity contribution in [2.24, 2.45) is 0 Å². The molecular formula is C15H15FN2. The van der Waals surface area contributed by atoms with Crippen LogP contribution in [0.15, 0.2) is 18.2 Å². The van der Waals surface area contributed by atoms with E-state index in [-0.39, 0.29) is 11.0 Å². The second-order valence-electron chi connectivity index (χ2n) is 5.31. The normalized spacial score (nSPS) is 11.5. The molecular weight excluding hydrogens is 227 g/mol. The molecule has 2 N–H and O–H groups in total. The molecule has 0 bridgehead atoms. The van der Waals surface area contributed by atoms with Crippen LogP contribution in [0.4, 0.5) is 10.2 Å². The SMILES string of the molecule is C#Cc1c(F)ccc2nc(N)cc(C(C)(C)C)c12. The van der Waals surface area contributed by atoms with E-state index >= 15 is 0 Å². The zero-order valence-electron chi connectivity index (χ0n) is 10.7. The van der Waals surface area contributed by atoms with Crippen molar-refractivity contribution in [3.63, 3.8) is 0 Å². The molecule has 2 rings (SSSR count). The highest BCUT2D eigenvalue weighted by atomic mass is 19.1. The van der Waals surface area contributed by atoms with Gasteiger partial charge in [-0.1, -0.05) is 26.7 Å².